The molecule has 0 aliphatic heterocycles. The van der Waals surface area contributed by atoms with Crippen LogP contribution in [0.2, 0.25) is 15.1 Å². The molecule has 0 unspecified atom stereocenters. The summed E-state index contributed by atoms with van der Waals surface area (Å²) in [5.41, 5.74) is 6.48. The first-order valence-corrected chi connectivity index (χ1v) is 11.6. The molecule has 0 aliphatic rings. The molecule has 0 aliphatic carbocycles. The van der Waals surface area contributed by atoms with Gasteiger partial charge in [-0.25, -0.2) is 4.98 Å². The van der Waals surface area contributed by atoms with Gasteiger partial charge in [-0.15, -0.1) is 11.3 Å². The number of thiophene rings is 1. The number of hydrogen-bond acceptors (Lipinski definition) is 7. The van der Waals surface area contributed by atoms with Gasteiger partial charge in [0.1, 0.15) is 16.4 Å². The normalized spacial score (nSPS) is 10.7. The summed E-state index contributed by atoms with van der Waals surface area (Å²) in [4.78, 5) is 30.4. The molecule has 2 heterocycles. The van der Waals surface area contributed by atoms with Crippen LogP contribution in [0.25, 0.3) is 0 Å². The number of pyridine rings is 1. The molecule has 0 atom stereocenters. The highest BCUT2D eigenvalue weighted by molar-refractivity contribution is 7.13. The molecule has 1 aromatic carbocycles. The van der Waals surface area contributed by atoms with Crippen LogP contribution in [0.5, 0.6) is 5.75 Å². The largest absolute Gasteiger partial charge is 0.494 e. The van der Waals surface area contributed by atoms with Gasteiger partial charge in [0.2, 0.25) is 0 Å². The Morgan fingerprint density at radius 3 is 2.58 bits per heavy atom. The summed E-state index contributed by atoms with van der Waals surface area (Å²) in [5, 5.41) is 11.3. The SMILES string of the molecule is COc1cc(Cl)cc(C(=O)Nc2ccc(Cl)cn2)c1NC(=O)c1scc(CNCCN)c1Cl. The van der Waals surface area contributed by atoms with Gasteiger partial charge in [-0.2, -0.15) is 0 Å². The Labute approximate surface area is 209 Å². The minimum Gasteiger partial charge on any atom is -0.494 e. The predicted octanol–water partition coefficient (Wildman–Crippen LogP) is 4.66. The number of ether oxygens (including phenoxy) is 1. The molecule has 2 aromatic heterocycles. The number of benzene rings is 1. The number of nitrogens with zero attached hydrogens (tertiary/aromatic N) is 1. The summed E-state index contributed by atoms with van der Waals surface area (Å²) in [6.07, 6.45) is 1.40. The zero-order chi connectivity index (χ0) is 24.0. The van der Waals surface area contributed by atoms with E-state index in [2.05, 4.69) is 20.9 Å². The van der Waals surface area contributed by atoms with E-state index in [1.807, 2.05) is 0 Å². The number of hydrogen-bond donors (Lipinski definition) is 4. The molecule has 0 fully saturated rings. The van der Waals surface area contributed by atoms with Crippen molar-refractivity contribution in [3.05, 3.63) is 66.9 Å². The molecular formula is C21H20Cl3N5O3S. The third-order valence-electron chi connectivity index (χ3n) is 4.38. The van der Waals surface area contributed by atoms with E-state index in [9.17, 15) is 9.59 Å². The second-order valence-electron chi connectivity index (χ2n) is 6.67. The van der Waals surface area contributed by atoms with Crippen LogP contribution in [0.15, 0.2) is 35.8 Å². The number of aromatic nitrogens is 1. The molecule has 12 heteroatoms. The lowest BCUT2D eigenvalue weighted by Crippen LogP contribution is -2.22. The fraction of sp³-hybridized carbons (Fsp3) is 0.190. The molecular weight excluding hydrogens is 509 g/mol. The molecule has 33 heavy (non-hydrogen) atoms. The lowest BCUT2D eigenvalue weighted by molar-refractivity contribution is 0.102. The van der Waals surface area contributed by atoms with Gasteiger partial charge in [-0.05, 0) is 29.1 Å². The minimum absolute atomic E-state index is 0.0852. The van der Waals surface area contributed by atoms with Gasteiger partial charge in [-0.3, -0.25) is 9.59 Å². The van der Waals surface area contributed by atoms with Crippen molar-refractivity contribution >= 4 is 69.5 Å². The van der Waals surface area contributed by atoms with Crippen LogP contribution in [-0.2, 0) is 6.54 Å². The Balaban J connectivity index is 1.88. The molecule has 0 radical (unpaired) electrons. The van der Waals surface area contributed by atoms with Crippen molar-refractivity contribution in [3.63, 3.8) is 0 Å². The Morgan fingerprint density at radius 1 is 1.12 bits per heavy atom. The fourth-order valence-electron chi connectivity index (χ4n) is 2.83. The minimum atomic E-state index is -0.551. The first-order chi connectivity index (χ1) is 15.8. The number of carbonyl (C=O) groups excluding carboxylic acids is 2. The van der Waals surface area contributed by atoms with Gasteiger partial charge < -0.3 is 26.4 Å². The quantitative estimate of drug-likeness (QED) is 0.300. The van der Waals surface area contributed by atoms with E-state index in [0.29, 0.717) is 34.6 Å². The van der Waals surface area contributed by atoms with Crippen molar-refractivity contribution in [3.8, 4) is 5.75 Å². The van der Waals surface area contributed by atoms with Crippen LogP contribution >= 0.6 is 46.1 Å². The standard InChI is InChI=1S/C21H20Cl3N5O3S/c1-32-15-7-13(23)6-14(20(30)28-16-3-2-12(22)9-27-16)18(15)29-21(31)19-17(24)11(10-33-19)8-26-5-4-25/h2-3,6-7,9-10,26H,4-5,8,25H2,1H3,(H,29,31)(H,27,28,30). The van der Waals surface area contributed by atoms with Gasteiger partial charge in [0.05, 0.1) is 28.4 Å². The van der Waals surface area contributed by atoms with Crippen molar-refractivity contribution < 1.29 is 14.3 Å². The lowest BCUT2D eigenvalue weighted by Gasteiger charge is -2.15. The number of nitrogens with one attached hydrogen (secondary N) is 3. The van der Waals surface area contributed by atoms with E-state index in [1.165, 1.54) is 36.8 Å². The Morgan fingerprint density at radius 2 is 1.91 bits per heavy atom. The van der Waals surface area contributed by atoms with Crippen molar-refractivity contribution in [2.75, 3.05) is 30.8 Å². The summed E-state index contributed by atoms with van der Waals surface area (Å²) >= 11 is 19.6. The lowest BCUT2D eigenvalue weighted by atomic mass is 10.1. The first-order valence-electron chi connectivity index (χ1n) is 9.62. The highest BCUT2D eigenvalue weighted by Gasteiger charge is 2.23. The summed E-state index contributed by atoms with van der Waals surface area (Å²) in [6, 6.07) is 6.05. The van der Waals surface area contributed by atoms with Crippen LogP contribution < -0.4 is 26.4 Å². The molecule has 0 bridgehead atoms. The van der Waals surface area contributed by atoms with Crippen LogP contribution in [0, 0.1) is 0 Å². The highest BCUT2D eigenvalue weighted by atomic mass is 35.5. The van der Waals surface area contributed by atoms with Gasteiger partial charge in [-0.1, -0.05) is 34.8 Å². The van der Waals surface area contributed by atoms with Crippen molar-refractivity contribution in [2.45, 2.75) is 6.54 Å². The number of carbonyl (C=O) groups is 2. The number of rotatable bonds is 9. The third-order valence-corrected chi connectivity index (χ3v) is 6.40. The van der Waals surface area contributed by atoms with Crippen molar-refractivity contribution in [2.24, 2.45) is 5.73 Å². The van der Waals surface area contributed by atoms with Crippen LogP contribution in [0.3, 0.4) is 0 Å². The molecule has 3 rings (SSSR count). The Kier molecular flexibility index (Phi) is 8.90. The zero-order valence-electron chi connectivity index (χ0n) is 17.4. The second-order valence-corrected chi connectivity index (χ2v) is 8.80. The molecule has 8 nitrogen and oxygen atoms in total. The fourth-order valence-corrected chi connectivity index (χ4v) is 4.41. The van der Waals surface area contributed by atoms with Gasteiger partial charge in [0.15, 0.2) is 0 Å². The van der Waals surface area contributed by atoms with Crippen molar-refractivity contribution in [1.82, 2.24) is 10.3 Å². The Bertz CT molecular complexity index is 1150. The summed E-state index contributed by atoms with van der Waals surface area (Å²) < 4.78 is 5.36. The van der Waals surface area contributed by atoms with E-state index < -0.39 is 11.8 Å². The van der Waals surface area contributed by atoms with E-state index in [1.54, 1.807) is 17.5 Å². The molecule has 0 saturated carbocycles. The first kappa shape index (κ1) is 25.2. The monoisotopic (exact) mass is 527 g/mol. The number of halogens is 3. The maximum absolute atomic E-state index is 13.0. The smallest absolute Gasteiger partial charge is 0.267 e. The van der Waals surface area contributed by atoms with E-state index in [4.69, 9.17) is 45.3 Å². The van der Waals surface area contributed by atoms with Gasteiger partial charge in [0.25, 0.3) is 11.8 Å². The number of amides is 2. The molecule has 0 spiro atoms. The number of methoxy groups -OCH3 is 1. The topological polar surface area (TPSA) is 118 Å². The Hall–Kier alpha value is -2.40. The van der Waals surface area contributed by atoms with Crippen molar-refractivity contribution in [1.29, 1.82) is 0 Å². The van der Waals surface area contributed by atoms with E-state index in [-0.39, 0.29) is 27.8 Å². The third kappa shape index (κ3) is 6.35. The number of nitrogens with two attached hydrogens (primary N) is 1. The summed E-state index contributed by atoms with van der Waals surface area (Å²) in [5.74, 6) is -0.557. The average Bonchev–Trinajstić information content (AvgIpc) is 3.16. The average molecular weight is 529 g/mol. The van der Waals surface area contributed by atoms with Crippen LogP contribution in [0.1, 0.15) is 25.6 Å². The molecule has 0 saturated heterocycles. The summed E-state index contributed by atoms with van der Waals surface area (Å²) in [7, 11) is 1.41. The highest BCUT2D eigenvalue weighted by Crippen LogP contribution is 2.35. The maximum Gasteiger partial charge on any atom is 0.267 e. The molecule has 2 amide bonds. The van der Waals surface area contributed by atoms with E-state index in [0.717, 1.165) is 5.56 Å². The van der Waals surface area contributed by atoms with E-state index >= 15 is 0 Å². The van der Waals surface area contributed by atoms with Crippen LogP contribution in [0.4, 0.5) is 11.5 Å². The predicted molar refractivity (Wildman–Crippen MR) is 133 cm³/mol. The van der Waals surface area contributed by atoms with Crippen LogP contribution in [-0.4, -0.2) is 37.0 Å². The molecule has 3 aromatic rings. The number of anilines is 2. The summed E-state index contributed by atoms with van der Waals surface area (Å²) in [6.45, 7) is 1.59. The van der Waals surface area contributed by atoms with Gasteiger partial charge in [0, 0.05) is 36.9 Å². The zero-order valence-corrected chi connectivity index (χ0v) is 20.5. The maximum atomic E-state index is 13.0. The van der Waals surface area contributed by atoms with Gasteiger partial charge >= 0.3 is 0 Å². The molecule has 174 valence electrons. The second kappa shape index (κ2) is 11.6. The molecule has 5 N–H and O–H groups in total.